The highest BCUT2D eigenvalue weighted by Crippen LogP contribution is 2.51. The molecule has 0 saturated heterocycles. The molecule has 1 amide bonds. The zero-order valence-electron chi connectivity index (χ0n) is 11.9. The topological polar surface area (TPSA) is 64.3 Å². The number of carbonyl (C=O) groups excluding carboxylic acids is 1. The second-order valence-electron chi connectivity index (χ2n) is 6.30. The molecule has 3 aliphatic rings. The second kappa shape index (κ2) is 4.77. The summed E-state index contributed by atoms with van der Waals surface area (Å²) in [6.07, 6.45) is 5.62. The molecule has 3 aliphatic carbocycles. The SMILES string of the molecule is COc1ccccc1NC(=O)C12CCC(N)(CC1)CC2. The molecule has 0 heterocycles. The molecule has 4 heteroatoms. The van der Waals surface area contributed by atoms with Crippen molar-refractivity contribution in [3.8, 4) is 5.75 Å². The van der Waals surface area contributed by atoms with Crippen molar-refractivity contribution in [1.29, 1.82) is 0 Å². The van der Waals surface area contributed by atoms with Gasteiger partial charge < -0.3 is 15.8 Å². The van der Waals surface area contributed by atoms with Crippen LogP contribution in [-0.2, 0) is 4.79 Å². The maximum Gasteiger partial charge on any atom is 0.230 e. The van der Waals surface area contributed by atoms with Crippen LogP contribution in [0.15, 0.2) is 24.3 Å². The molecular weight excluding hydrogens is 252 g/mol. The zero-order valence-corrected chi connectivity index (χ0v) is 11.9. The van der Waals surface area contributed by atoms with Crippen LogP contribution in [0.4, 0.5) is 5.69 Å². The average molecular weight is 274 g/mol. The van der Waals surface area contributed by atoms with E-state index < -0.39 is 0 Å². The summed E-state index contributed by atoms with van der Waals surface area (Å²) in [5.74, 6) is 0.834. The van der Waals surface area contributed by atoms with Gasteiger partial charge in [0.2, 0.25) is 5.91 Å². The monoisotopic (exact) mass is 274 g/mol. The zero-order chi connectivity index (χ0) is 14.2. The number of benzene rings is 1. The molecule has 3 N–H and O–H groups in total. The molecule has 20 heavy (non-hydrogen) atoms. The number of nitrogens with one attached hydrogen (secondary N) is 1. The molecule has 0 aliphatic heterocycles. The molecule has 0 radical (unpaired) electrons. The smallest absolute Gasteiger partial charge is 0.230 e. The number of methoxy groups -OCH3 is 1. The van der Waals surface area contributed by atoms with Crippen LogP contribution in [0.5, 0.6) is 5.75 Å². The lowest BCUT2D eigenvalue weighted by Crippen LogP contribution is -2.55. The standard InChI is InChI=1S/C16H22N2O2/c1-20-13-5-3-2-4-12(13)18-14(19)15-6-9-16(17,10-7-15)11-8-15/h2-5H,6-11,17H2,1H3,(H,18,19). The number of amides is 1. The molecule has 4 rings (SSSR count). The maximum atomic E-state index is 12.7. The van der Waals surface area contributed by atoms with Crippen molar-refractivity contribution in [2.24, 2.45) is 11.1 Å². The second-order valence-corrected chi connectivity index (χ2v) is 6.30. The van der Waals surface area contributed by atoms with Crippen LogP contribution < -0.4 is 15.8 Å². The van der Waals surface area contributed by atoms with E-state index in [0.29, 0.717) is 5.75 Å². The van der Waals surface area contributed by atoms with Gasteiger partial charge in [0.25, 0.3) is 0 Å². The highest BCUT2D eigenvalue weighted by atomic mass is 16.5. The predicted octanol–water partition coefficient (Wildman–Crippen LogP) is 2.69. The Morgan fingerprint density at radius 3 is 2.35 bits per heavy atom. The van der Waals surface area contributed by atoms with Crippen molar-refractivity contribution in [3.05, 3.63) is 24.3 Å². The minimum absolute atomic E-state index is 0.00747. The first kappa shape index (κ1) is 13.4. The van der Waals surface area contributed by atoms with E-state index >= 15 is 0 Å². The molecule has 0 spiro atoms. The fourth-order valence-corrected chi connectivity index (χ4v) is 3.56. The van der Waals surface area contributed by atoms with E-state index in [1.165, 1.54) is 0 Å². The number of fused-ring (bicyclic) bond motifs is 3. The van der Waals surface area contributed by atoms with Gasteiger partial charge in [0.05, 0.1) is 12.8 Å². The minimum Gasteiger partial charge on any atom is -0.495 e. The highest BCUT2D eigenvalue weighted by molar-refractivity contribution is 5.96. The molecule has 0 aromatic heterocycles. The van der Waals surface area contributed by atoms with E-state index in [2.05, 4.69) is 5.32 Å². The quantitative estimate of drug-likeness (QED) is 0.890. The summed E-state index contributed by atoms with van der Waals surface area (Å²) in [5, 5.41) is 3.06. The van der Waals surface area contributed by atoms with Crippen LogP contribution in [0.1, 0.15) is 38.5 Å². The molecule has 4 nitrogen and oxygen atoms in total. The Morgan fingerprint density at radius 2 is 1.75 bits per heavy atom. The van der Waals surface area contributed by atoms with Crippen LogP contribution in [0.25, 0.3) is 0 Å². The van der Waals surface area contributed by atoms with Crippen LogP contribution in [-0.4, -0.2) is 18.6 Å². The van der Waals surface area contributed by atoms with Gasteiger partial charge in [-0.15, -0.1) is 0 Å². The van der Waals surface area contributed by atoms with Crippen molar-refractivity contribution in [1.82, 2.24) is 0 Å². The van der Waals surface area contributed by atoms with E-state index in [1.807, 2.05) is 24.3 Å². The summed E-state index contributed by atoms with van der Waals surface area (Å²) in [6.45, 7) is 0. The Hall–Kier alpha value is -1.55. The molecule has 3 fully saturated rings. The van der Waals surface area contributed by atoms with Crippen molar-refractivity contribution >= 4 is 11.6 Å². The van der Waals surface area contributed by atoms with Gasteiger partial charge in [-0.1, -0.05) is 12.1 Å². The summed E-state index contributed by atoms with van der Waals surface area (Å²) in [5.41, 5.74) is 6.83. The molecule has 0 unspecified atom stereocenters. The number of hydrogen-bond acceptors (Lipinski definition) is 3. The Balaban J connectivity index is 1.77. The van der Waals surface area contributed by atoms with E-state index in [1.54, 1.807) is 7.11 Å². The largest absolute Gasteiger partial charge is 0.495 e. The first-order chi connectivity index (χ1) is 9.57. The summed E-state index contributed by atoms with van der Waals surface area (Å²) >= 11 is 0. The molecule has 1 aromatic rings. The summed E-state index contributed by atoms with van der Waals surface area (Å²) in [4.78, 5) is 12.7. The van der Waals surface area contributed by atoms with Crippen molar-refractivity contribution in [2.75, 3.05) is 12.4 Å². The normalized spacial score (nSPS) is 31.9. The van der Waals surface area contributed by atoms with E-state index in [4.69, 9.17) is 10.5 Å². The number of para-hydroxylation sites is 2. The van der Waals surface area contributed by atoms with Gasteiger partial charge in [-0.3, -0.25) is 4.79 Å². The fraction of sp³-hybridized carbons (Fsp3) is 0.562. The lowest BCUT2D eigenvalue weighted by Gasteiger charge is -2.50. The Labute approximate surface area is 119 Å². The van der Waals surface area contributed by atoms with Gasteiger partial charge in [-0.2, -0.15) is 0 Å². The minimum atomic E-state index is -0.220. The van der Waals surface area contributed by atoms with Crippen molar-refractivity contribution in [2.45, 2.75) is 44.1 Å². The average Bonchev–Trinajstić information content (AvgIpc) is 2.49. The fourth-order valence-electron chi connectivity index (χ4n) is 3.56. The van der Waals surface area contributed by atoms with Crippen LogP contribution in [0, 0.1) is 5.41 Å². The molecule has 2 bridgehead atoms. The lowest BCUT2D eigenvalue weighted by molar-refractivity contribution is -0.131. The van der Waals surface area contributed by atoms with Gasteiger partial charge in [0.1, 0.15) is 5.75 Å². The van der Waals surface area contributed by atoms with E-state index in [0.717, 1.165) is 44.2 Å². The first-order valence-corrected chi connectivity index (χ1v) is 7.30. The van der Waals surface area contributed by atoms with Gasteiger partial charge in [0.15, 0.2) is 0 Å². The van der Waals surface area contributed by atoms with Crippen molar-refractivity contribution < 1.29 is 9.53 Å². The summed E-state index contributed by atoms with van der Waals surface area (Å²) < 4.78 is 5.29. The van der Waals surface area contributed by atoms with E-state index in [9.17, 15) is 4.79 Å². The highest BCUT2D eigenvalue weighted by Gasteiger charge is 2.50. The molecular formula is C16H22N2O2. The van der Waals surface area contributed by atoms with Crippen molar-refractivity contribution in [3.63, 3.8) is 0 Å². The first-order valence-electron chi connectivity index (χ1n) is 7.30. The van der Waals surface area contributed by atoms with Gasteiger partial charge in [0, 0.05) is 11.0 Å². The maximum absolute atomic E-state index is 12.7. The molecule has 3 saturated carbocycles. The Morgan fingerprint density at radius 1 is 1.15 bits per heavy atom. The lowest BCUT2D eigenvalue weighted by atomic mass is 9.57. The van der Waals surface area contributed by atoms with Crippen LogP contribution >= 0.6 is 0 Å². The number of hydrogen-bond donors (Lipinski definition) is 2. The third kappa shape index (κ3) is 2.18. The van der Waals surface area contributed by atoms with Gasteiger partial charge >= 0.3 is 0 Å². The summed E-state index contributed by atoms with van der Waals surface area (Å²) in [7, 11) is 1.62. The molecule has 108 valence electrons. The Kier molecular flexibility index (Phi) is 3.21. The number of nitrogens with two attached hydrogens (primary N) is 1. The number of ether oxygens (including phenoxy) is 1. The molecule has 0 atom stereocenters. The number of carbonyl (C=O) groups is 1. The number of anilines is 1. The third-order valence-corrected chi connectivity index (χ3v) is 5.14. The van der Waals surface area contributed by atoms with Crippen LogP contribution in [0.2, 0.25) is 0 Å². The van der Waals surface area contributed by atoms with Gasteiger partial charge in [-0.25, -0.2) is 0 Å². The summed E-state index contributed by atoms with van der Waals surface area (Å²) in [6, 6.07) is 7.55. The van der Waals surface area contributed by atoms with Gasteiger partial charge in [-0.05, 0) is 50.7 Å². The Bertz CT molecular complexity index is 502. The van der Waals surface area contributed by atoms with Crippen LogP contribution in [0.3, 0.4) is 0 Å². The number of rotatable bonds is 3. The molecule has 1 aromatic carbocycles. The van der Waals surface area contributed by atoms with E-state index in [-0.39, 0.29) is 16.9 Å². The predicted molar refractivity (Wildman–Crippen MR) is 78.7 cm³/mol. The third-order valence-electron chi connectivity index (χ3n) is 5.14.